The number of benzene rings is 1. The van der Waals surface area contributed by atoms with E-state index in [-0.39, 0.29) is 17.0 Å². The van der Waals surface area contributed by atoms with Crippen LogP contribution < -0.4 is 5.32 Å². The lowest BCUT2D eigenvalue weighted by Crippen LogP contribution is -2.34. The molecule has 0 aliphatic rings. The number of nitrogens with zero attached hydrogens (tertiary/aromatic N) is 1. The van der Waals surface area contributed by atoms with Crippen LogP contribution in [-0.4, -0.2) is 23.3 Å². The van der Waals surface area contributed by atoms with E-state index in [1.807, 2.05) is 0 Å². The molecule has 0 aliphatic heterocycles. The molecule has 116 valence electrons. The Hall–Kier alpha value is -1.62. The number of carbonyl (C=O) groups excluding carboxylic acids is 1. The number of nitro groups is 1. The maximum atomic E-state index is 12.1. The fourth-order valence-corrected chi connectivity index (χ4v) is 2.19. The van der Waals surface area contributed by atoms with Crippen LogP contribution in [0.5, 0.6) is 0 Å². The molecule has 0 fully saturated rings. The highest BCUT2D eigenvalue weighted by Gasteiger charge is 2.19. The van der Waals surface area contributed by atoms with Crippen molar-refractivity contribution in [1.82, 2.24) is 5.32 Å². The molecule has 0 saturated carbocycles. The lowest BCUT2D eigenvalue weighted by molar-refractivity contribution is -0.385. The van der Waals surface area contributed by atoms with Crippen molar-refractivity contribution in [2.45, 2.75) is 33.6 Å². The van der Waals surface area contributed by atoms with Gasteiger partial charge in [0.2, 0.25) is 0 Å². The van der Waals surface area contributed by atoms with Crippen molar-refractivity contribution in [2.24, 2.45) is 5.41 Å². The first-order valence-electron chi connectivity index (χ1n) is 6.86. The van der Waals surface area contributed by atoms with E-state index in [0.717, 1.165) is 12.8 Å². The number of nitro benzene ring substituents is 1. The number of carbonyl (C=O) groups is 1. The number of halogens is 1. The molecule has 1 rings (SSSR count). The van der Waals surface area contributed by atoms with Gasteiger partial charge in [-0.05, 0) is 37.3 Å². The molecular weight excluding hydrogens is 292 g/mol. The third kappa shape index (κ3) is 5.34. The van der Waals surface area contributed by atoms with Crippen LogP contribution in [0.2, 0.25) is 0 Å². The third-order valence-electron chi connectivity index (χ3n) is 3.37. The minimum absolute atomic E-state index is 0.0222. The number of nitrogens with one attached hydrogen (secondary N) is 1. The zero-order valence-electron chi connectivity index (χ0n) is 12.6. The average Bonchev–Trinajstić information content (AvgIpc) is 2.42. The maximum Gasteiger partial charge on any atom is 0.272 e. The summed E-state index contributed by atoms with van der Waals surface area (Å²) < 4.78 is 0. The molecule has 0 spiro atoms. The summed E-state index contributed by atoms with van der Waals surface area (Å²) in [5.74, 6) is 0.394. The summed E-state index contributed by atoms with van der Waals surface area (Å²) in [5.41, 5.74) is 0.912. The first-order valence-corrected chi connectivity index (χ1v) is 7.39. The van der Waals surface area contributed by atoms with Crippen molar-refractivity contribution >= 4 is 23.2 Å². The molecule has 0 atom stereocenters. The van der Waals surface area contributed by atoms with Gasteiger partial charge in [-0.15, -0.1) is 11.6 Å². The second kappa shape index (κ2) is 7.41. The monoisotopic (exact) mass is 312 g/mol. The Bertz CT molecular complexity index is 530. The smallest absolute Gasteiger partial charge is 0.272 e. The number of hydrogen-bond acceptors (Lipinski definition) is 3. The Morgan fingerprint density at radius 3 is 2.62 bits per heavy atom. The molecule has 0 radical (unpaired) electrons. The molecule has 1 amide bonds. The van der Waals surface area contributed by atoms with E-state index in [0.29, 0.717) is 23.6 Å². The van der Waals surface area contributed by atoms with E-state index in [4.69, 9.17) is 11.6 Å². The number of rotatable bonds is 7. The van der Waals surface area contributed by atoms with Gasteiger partial charge in [-0.1, -0.05) is 13.8 Å². The number of hydrogen-bond donors (Lipinski definition) is 1. The molecular formula is C15H21ClN2O3. The molecule has 0 saturated heterocycles. The van der Waals surface area contributed by atoms with E-state index in [2.05, 4.69) is 19.2 Å². The van der Waals surface area contributed by atoms with Gasteiger partial charge in [0.05, 0.1) is 4.92 Å². The van der Waals surface area contributed by atoms with Gasteiger partial charge in [0.15, 0.2) is 0 Å². The van der Waals surface area contributed by atoms with Crippen LogP contribution in [0, 0.1) is 22.5 Å². The van der Waals surface area contributed by atoms with Crippen molar-refractivity contribution in [3.05, 3.63) is 39.4 Å². The topological polar surface area (TPSA) is 72.2 Å². The summed E-state index contributed by atoms with van der Waals surface area (Å²) in [5, 5.41) is 13.6. The van der Waals surface area contributed by atoms with E-state index in [1.165, 1.54) is 12.1 Å². The summed E-state index contributed by atoms with van der Waals surface area (Å²) in [6, 6.07) is 4.38. The van der Waals surface area contributed by atoms with Gasteiger partial charge in [0.1, 0.15) is 0 Å². The molecule has 1 N–H and O–H groups in total. The lowest BCUT2D eigenvalue weighted by Gasteiger charge is -2.24. The van der Waals surface area contributed by atoms with Crippen LogP contribution in [0.3, 0.4) is 0 Å². The molecule has 1 aromatic carbocycles. The van der Waals surface area contributed by atoms with Gasteiger partial charge in [0, 0.05) is 29.6 Å². The third-order valence-corrected chi connectivity index (χ3v) is 3.64. The molecule has 0 heterocycles. The summed E-state index contributed by atoms with van der Waals surface area (Å²) in [7, 11) is 0. The Morgan fingerprint density at radius 2 is 2.10 bits per heavy atom. The van der Waals surface area contributed by atoms with Crippen molar-refractivity contribution in [1.29, 1.82) is 0 Å². The standard InChI is InChI=1S/C15H21ClN2O3/c1-11-9-12(5-6-13(11)18(20)21)14(19)17-10-15(2,3)7-4-8-16/h5-6,9H,4,7-8,10H2,1-3H3,(H,17,19). The first-order chi connectivity index (χ1) is 9.76. The summed E-state index contributed by atoms with van der Waals surface area (Å²) >= 11 is 5.68. The second-order valence-electron chi connectivity index (χ2n) is 5.90. The molecule has 0 bridgehead atoms. The van der Waals surface area contributed by atoms with E-state index in [9.17, 15) is 14.9 Å². The molecule has 5 nitrogen and oxygen atoms in total. The zero-order chi connectivity index (χ0) is 16.0. The Kier molecular flexibility index (Phi) is 6.15. The second-order valence-corrected chi connectivity index (χ2v) is 6.28. The predicted molar refractivity (Wildman–Crippen MR) is 83.9 cm³/mol. The number of aryl methyl sites for hydroxylation is 1. The normalized spacial score (nSPS) is 11.2. The van der Waals surface area contributed by atoms with Crippen molar-refractivity contribution < 1.29 is 9.72 Å². The first kappa shape index (κ1) is 17.4. The zero-order valence-corrected chi connectivity index (χ0v) is 13.4. The van der Waals surface area contributed by atoms with E-state index >= 15 is 0 Å². The van der Waals surface area contributed by atoms with Crippen molar-refractivity contribution in [3.63, 3.8) is 0 Å². The summed E-state index contributed by atoms with van der Waals surface area (Å²) in [6.45, 7) is 6.31. The predicted octanol–water partition coefficient (Wildman–Crippen LogP) is 3.68. The molecule has 6 heteroatoms. The molecule has 1 aromatic rings. The minimum Gasteiger partial charge on any atom is -0.352 e. The highest BCUT2D eigenvalue weighted by Crippen LogP contribution is 2.22. The van der Waals surface area contributed by atoms with E-state index < -0.39 is 4.92 Å². The average molecular weight is 313 g/mol. The highest BCUT2D eigenvalue weighted by atomic mass is 35.5. The van der Waals surface area contributed by atoms with Crippen LogP contribution in [0.25, 0.3) is 0 Å². The van der Waals surface area contributed by atoms with Gasteiger partial charge in [-0.25, -0.2) is 0 Å². The fourth-order valence-electron chi connectivity index (χ4n) is 2.06. The lowest BCUT2D eigenvalue weighted by atomic mass is 9.88. The van der Waals surface area contributed by atoms with Gasteiger partial charge in [0.25, 0.3) is 11.6 Å². The van der Waals surface area contributed by atoms with Gasteiger partial charge >= 0.3 is 0 Å². The molecule has 0 unspecified atom stereocenters. The van der Waals surface area contributed by atoms with Gasteiger partial charge < -0.3 is 5.32 Å². The Balaban J connectivity index is 2.68. The van der Waals surface area contributed by atoms with E-state index in [1.54, 1.807) is 13.0 Å². The van der Waals surface area contributed by atoms with Crippen LogP contribution in [0.15, 0.2) is 18.2 Å². The van der Waals surface area contributed by atoms with Crippen molar-refractivity contribution in [3.8, 4) is 0 Å². The summed E-state index contributed by atoms with van der Waals surface area (Å²) in [4.78, 5) is 22.4. The van der Waals surface area contributed by atoms with Crippen LogP contribution in [-0.2, 0) is 0 Å². The molecule has 0 aliphatic carbocycles. The fraction of sp³-hybridized carbons (Fsp3) is 0.533. The molecule has 0 aromatic heterocycles. The molecule has 21 heavy (non-hydrogen) atoms. The van der Waals surface area contributed by atoms with Crippen LogP contribution in [0.1, 0.15) is 42.6 Å². The van der Waals surface area contributed by atoms with Crippen molar-refractivity contribution in [2.75, 3.05) is 12.4 Å². The van der Waals surface area contributed by atoms with Crippen LogP contribution in [0.4, 0.5) is 5.69 Å². The number of amides is 1. The summed E-state index contributed by atoms with van der Waals surface area (Å²) in [6.07, 6.45) is 1.83. The van der Waals surface area contributed by atoms with Gasteiger partial charge in [-0.2, -0.15) is 0 Å². The quantitative estimate of drug-likeness (QED) is 0.474. The Labute approximate surface area is 129 Å². The number of alkyl halides is 1. The minimum atomic E-state index is -0.452. The maximum absolute atomic E-state index is 12.1. The largest absolute Gasteiger partial charge is 0.352 e. The highest BCUT2D eigenvalue weighted by molar-refractivity contribution is 6.17. The Morgan fingerprint density at radius 1 is 1.43 bits per heavy atom. The SMILES string of the molecule is Cc1cc(C(=O)NCC(C)(C)CCCCl)ccc1[N+](=O)[O-]. The van der Waals surface area contributed by atoms with Gasteiger partial charge in [-0.3, -0.25) is 14.9 Å². The van der Waals surface area contributed by atoms with Crippen LogP contribution >= 0.6 is 11.6 Å².